The molecule has 1 amide bonds. The van der Waals surface area contributed by atoms with Crippen molar-refractivity contribution in [2.24, 2.45) is 0 Å². The number of fused-ring (bicyclic) bond motifs is 2. The molecule has 31 heavy (non-hydrogen) atoms. The topological polar surface area (TPSA) is 112 Å². The smallest absolute Gasteiger partial charge is 0.306 e. The third-order valence-electron chi connectivity index (χ3n) is 4.64. The molecule has 0 aliphatic heterocycles. The van der Waals surface area contributed by atoms with E-state index in [1.807, 2.05) is 0 Å². The second kappa shape index (κ2) is 7.02. The van der Waals surface area contributed by atoms with Crippen molar-refractivity contribution in [3.8, 4) is 5.69 Å². The Bertz CT molecular complexity index is 1580. The highest BCUT2D eigenvalue weighted by molar-refractivity contribution is 5.98. The number of nitrogens with one attached hydrogen (secondary N) is 1. The molecule has 5 aromatic rings. The van der Waals surface area contributed by atoms with Crippen LogP contribution in [-0.4, -0.2) is 25.3 Å². The summed E-state index contributed by atoms with van der Waals surface area (Å²) in [5, 5.41) is 4.60. The highest BCUT2D eigenvalue weighted by atomic mass is 19.1. The lowest BCUT2D eigenvalue weighted by atomic mass is 10.2. The van der Waals surface area contributed by atoms with Gasteiger partial charge in [0.25, 0.3) is 5.56 Å². The lowest BCUT2D eigenvalue weighted by molar-refractivity contribution is 0.0981. The first-order valence-electron chi connectivity index (χ1n) is 9.07. The van der Waals surface area contributed by atoms with Crippen molar-refractivity contribution in [2.75, 3.05) is 5.43 Å². The van der Waals surface area contributed by atoms with Gasteiger partial charge < -0.3 is 4.42 Å². The van der Waals surface area contributed by atoms with E-state index in [-0.39, 0.29) is 27.8 Å². The number of amides is 1. The van der Waals surface area contributed by atoms with E-state index in [1.54, 1.807) is 24.3 Å². The molecule has 0 saturated carbocycles. The van der Waals surface area contributed by atoms with Gasteiger partial charge in [0.05, 0.1) is 17.3 Å². The van der Waals surface area contributed by atoms with Gasteiger partial charge in [0.15, 0.2) is 16.8 Å². The van der Waals surface area contributed by atoms with Crippen molar-refractivity contribution >= 4 is 27.9 Å². The van der Waals surface area contributed by atoms with Crippen LogP contribution in [0, 0.1) is 5.82 Å². The Hall–Kier alpha value is -4.60. The molecule has 0 unspecified atom stereocenters. The predicted octanol–water partition coefficient (Wildman–Crippen LogP) is 2.21. The molecular weight excluding hydrogens is 405 g/mol. The molecule has 0 fully saturated rings. The Labute approximate surface area is 172 Å². The third-order valence-corrected chi connectivity index (χ3v) is 4.64. The minimum absolute atomic E-state index is 0.132. The van der Waals surface area contributed by atoms with Gasteiger partial charge in [-0.1, -0.05) is 12.1 Å². The van der Waals surface area contributed by atoms with Crippen molar-refractivity contribution in [2.45, 2.75) is 0 Å². The van der Waals surface area contributed by atoms with Crippen LogP contribution in [0.25, 0.3) is 27.7 Å². The number of benzene rings is 2. The van der Waals surface area contributed by atoms with Crippen molar-refractivity contribution in [3.63, 3.8) is 0 Å². The number of hydrogen-bond acceptors (Lipinski definition) is 6. The zero-order valence-electron chi connectivity index (χ0n) is 15.7. The quantitative estimate of drug-likeness (QED) is 0.482. The normalized spacial score (nSPS) is 11.1. The van der Waals surface area contributed by atoms with Gasteiger partial charge in [-0.3, -0.25) is 19.8 Å². The summed E-state index contributed by atoms with van der Waals surface area (Å²) in [7, 11) is 0. The van der Waals surface area contributed by atoms with Gasteiger partial charge in [0, 0.05) is 6.07 Å². The summed E-state index contributed by atoms with van der Waals surface area (Å²) in [6.45, 7) is 0. The van der Waals surface area contributed by atoms with Crippen molar-refractivity contribution < 1.29 is 13.6 Å². The molecule has 2 aromatic carbocycles. The van der Waals surface area contributed by atoms with Crippen molar-refractivity contribution in [1.29, 1.82) is 0 Å². The van der Waals surface area contributed by atoms with Gasteiger partial charge in [0.1, 0.15) is 23.1 Å². The van der Waals surface area contributed by atoms with Gasteiger partial charge in [0.2, 0.25) is 0 Å². The van der Waals surface area contributed by atoms with Crippen LogP contribution in [0.4, 0.5) is 4.39 Å². The first kappa shape index (κ1) is 18.4. The van der Waals surface area contributed by atoms with Gasteiger partial charge in [-0.15, -0.1) is 0 Å². The SMILES string of the molecule is O=C(Nn1cnc2c(cnn2-c2ccc(F)cc2)c1=O)c1cc(=O)c2ccccc2o1. The highest BCUT2D eigenvalue weighted by Crippen LogP contribution is 2.14. The highest BCUT2D eigenvalue weighted by Gasteiger charge is 2.16. The molecule has 0 saturated heterocycles. The summed E-state index contributed by atoms with van der Waals surface area (Å²) in [6.07, 6.45) is 2.41. The van der Waals surface area contributed by atoms with Gasteiger partial charge >= 0.3 is 5.91 Å². The molecule has 5 rings (SSSR count). The molecule has 9 nitrogen and oxygen atoms in total. The summed E-state index contributed by atoms with van der Waals surface area (Å²) in [6, 6.07) is 13.1. The van der Waals surface area contributed by atoms with E-state index in [0.29, 0.717) is 11.1 Å². The standard InChI is InChI=1S/C21H12FN5O4/c22-12-5-7-13(8-6-12)27-19-15(10-24-27)21(30)26(11-23-19)25-20(29)18-9-16(28)14-3-1-2-4-17(14)31-18/h1-11H,(H,25,29). The van der Waals surface area contributed by atoms with E-state index < -0.39 is 17.3 Å². The fourth-order valence-corrected chi connectivity index (χ4v) is 3.14. The van der Waals surface area contributed by atoms with Crippen molar-refractivity contribution in [3.05, 3.63) is 99.3 Å². The third kappa shape index (κ3) is 3.15. The minimum atomic E-state index is -0.794. The zero-order chi connectivity index (χ0) is 21.5. The molecule has 0 radical (unpaired) electrons. The summed E-state index contributed by atoms with van der Waals surface area (Å²) in [4.78, 5) is 41.7. The van der Waals surface area contributed by atoms with Gasteiger partial charge in [-0.25, -0.2) is 18.7 Å². The zero-order valence-corrected chi connectivity index (χ0v) is 15.7. The lowest BCUT2D eigenvalue weighted by Gasteiger charge is -2.08. The second-order valence-electron chi connectivity index (χ2n) is 6.60. The maximum absolute atomic E-state index is 13.2. The molecule has 0 bridgehead atoms. The summed E-state index contributed by atoms with van der Waals surface area (Å²) in [5.74, 6) is -1.45. The van der Waals surface area contributed by atoms with Crippen LogP contribution in [0.5, 0.6) is 0 Å². The van der Waals surface area contributed by atoms with Crippen LogP contribution in [0.2, 0.25) is 0 Å². The Morgan fingerprint density at radius 1 is 1.03 bits per heavy atom. The van der Waals surface area contributed by atoms with Crippen LogP contribution in [0.15, 0.2) is 81.1 Å². The number of aromatic nitrogens is 4. The Morgan fingerprint density at radius 2 is 1.81 bits per heavy atom. The van der Waals surface area contributed by atoms with Crippen molar-refractivity contribution in [1.82, 2.24) is 19.4 Å². The van der Waals surface area contributed by atoms with E-state index in [2.05, 4.69) is 15.5 Å². The van der Waals surface area contributed by atoms with E-state index in [9.17, 15) is 18.8 Å². The number of carbonyl (C=O) groups excluding carboxylic acids is 1. The summed E-state index contributed by atoms with van der Waals surface area (Å²) < 4.78 is 20.9. The summed E-state index contributed by atoms with van der Waals surface area (Å²) >= 11 is 0. The first-order valence-corrected chi connectivity index (χ1v) is 9.07. The van der Waals surface area contributed by atoms with Gasteiger partial charge in [-0.2, -0.15) is 5.10 Å². The van der Waals surface area contributed by atoms with E-state index in [1.165, 1.54) is 35.1 Å². The van der Waals surface area contributed by atoms with E-state index in [4.69, 9.17) is 4.42 Å². The average Bonchev–Trinajstić information content (AvgIpc) is 3.21. The number of rotatable bonds is 3. The molecule has 152 valence electrons. The molecule has 0 atom stereocenters. The molecule has 0 aliphatic rings. The second-order valence-corrected chi connectivity index (χ2v) is 6.60. The number of halogens is 1. The Balaban J connectivity index is 1.51. The number of carbonyl (C=O) groups is 1. The van der Waals surface area contributed by atoms with Crippen LogP contribution in [-0.2, 0) is 0 Å². The van der Waals surface area contributed by atoms with Crippen LogP contribution >= 0.6 is 0 Å². The maximum atomic E-state index is 13.2. The van der Waals surface area contributed by atoms with Crippen LogP contribution < -0.4 is 16.4 Å². The number of hydrogen-bond donors (Lipinski definition) is 1. The van der Waals surface area contributed by atoms with E-state index >= 15 is 0 Å². The number of nitrogens with zero attached hydrogens (tertiary/aromatic N) is 4. The molecule has 1 N–H and O–H groups in total. The number of para-hydroxylation sites is 1. The molecule has 10 heteroatoms. The molecule has 3 heterocycles. The average molecular weight is 417 g/mol. The maximum Gasteiger partial charge on any atom is 0.306 e. The fourth-order valence-electron chi connectivity index (χ4n) is 3.14. The van der Waals surface area contributed by atoms with Crippen LogP contribution in [0.3, 0.4) is 0 Å². The molecular formula is C21H12FN5O4. The Kier molecular flexibility index (Phi) is 4.18. The molecule has 0 spiro atoms. The Morgan fingerprint density at radius 3 is 2.61 bits per heavy atom. The summed E-state index contributed by atoms with van der Waals surface area (Å²) in [5.41, 5.74) is 2.39. The minimum Gasteiger partial charge on any atom is -0.451 e. The molecule has 3 aromatic heterocycles. The fraction of sp³-hybridized carbons (Fsp3) is 0. The van der Waals surface area contributed by atoms with E-state index in [0.717, 1.165) is 17.1 Å². The van der Waals surface area contributed by atoms with Crippen LogP contribution in [0.1, 0.15) is 10.6 Å². The lowest BCUT2D eigenvalue weighted by Crippen LogP contribution is -2.33. The first-order chi connectivity index (χ1) is 15.0. The predicted molar refractivity (Wildman–Crippen MR) is 109 cm³/mol. The van der Waals surface area contributed by atoms with Gasteiger partial charge in [-0.05, 0) is 36.4 Å². The largest absolute Gasteiger partial charge is 0.451 e. The molecule has 0 aliphatic carbocycles. The monoisotopic (exact) mass is 417 g/mol.